The number of unbranched alkanes of at least 4 members (excludes halogenated alkanes) is 2. The molecule has 1 aromatic rings. The minimum atomic E-state index is -1.91. The van der Waals surface area contributed by atoms with Gasteiger partial charge in [0.15, 0.2) is 18.7 Å². The molecular formula is C38H60N6O20S. The molecule has 0 saturated carbocycles. The topological polar surface area (TPSA) is 350 Å². The molecule has 3 amide bonds. The van der Waals surface area contributed by atoms with E-state index < -0.39 is 85.1 Å². The van der Waals surface area contributed by atoms with Gasteiger partial charge in [0.1, 0.15) is 48.4 Å². The lowest BCUT2D eigenvalue weighted by atomic mass is 9.88. The summed E-state index contributed by atoms with van der Waals surface area (Å²) in [5.41, 5.74) is 0.432. The summed E-state index contributed by atoms with van der Waals surface area (Å²) in [6.07, 6.45) is -11.2. The summed E-state index contributed by atoms with van der Waals surface area (Å²) < 4.78 is 41.9. The predicted molar refractivity (Wildman–Crippen MR) is 215 cm³/mol. The molecular weight excluding hydrogens is 893 g/mol. The predicted octanol–water partition coefficient (Wildman–Crippen LogP) is -1.81. The zero-order chi connectivity index (χ0) is 47.4. The quantitative estimate of drug-likeness (QED) is 0.0120. The average molecular weight is 953 g/mol. The van der Waals surface area contributed by atoms with E-state index in [9.17, 15) is 49.5 Å². The Kier molecular flexibility index (Phi) is 20.2. The lowest BCUT2D eigenvalue weighted by Crippen LogP contribution is -2.66. The highest BCUT2D eigenvalue weighted by Crippen LogP contribution is 2.43. The number of nitrogens with one attached hydrogen (secondary N) is 1. The summed E-state index contributed by atoms with van der Waals surface area (Å²) in [5, 5.41) is 81.7. The summed E-state index contributed by atoms with van der Waals surface area (Å²) >= 11 is 0.272. The van der Waals surface area contributed by atoms with E-state index in [1.807, 2.05) is 13.8 Å². The highest BCUT2D eigenvalue weighted by Gasteiger charge is 2.58. The van der Waals surface area contributed by atoms with Crippen molar-refractivity contribution in [3.63, 3.8) is 0 Å². The highest BCUT2D eigenvalue weighted by atomic mass is 32.2. The van der Waals surface area contributed by atoms with Crippen molar-refractivity contribution in [2.75, 3.05) is 32.9 Å². The minimum Gasteiger partial charge on any atom is -0.481 e. The van der Waals surface area contributed by atoms with Gasteiger partial charge in [-0.1, -0.05) is 24.1 Å². The van der Waals surface area contributed by atoms with Crippen molar-refractivity contribution in [3.8, 4) is 0 Å². The van der Waals surface area contributed by atoms with Crippen LogP contribution >= 0.6 is 12.2 Å². The Balaban J connectivity index is 1.04. The van der Waals surface area contributed by atoms with Gasteiger partial charge >= 0.3 is 11.9 Å². The van der Waals surface area contributed by atoms with Gasteiger partial charge in [-0.2, -0.15) is 0 Å². The van der Waals surface area contributed by atoms with E-state index in [1.165, 1.54) is 21.4 Å². The van der Waals surface area contributed by atoms with Gasteiger partial charge in [-0.25, -0.2) is 19.5 Å². The first-order chi connectivity index (χ1) is 31.1. The first kappa shape index (κ1) is 52.4. The molecule has 26 nitrogen and oxygen atoms in total. The second kappa shape index (κ2) is 25.0. The zero-order valence-corrected chi connectivity index (χ0v) is 37.0. The molecule has 5 rings (SSSR count). The van der Waals surface area contributed by atoms with Crippen molar-refractivity contribution in [2.24, 2.45) is 11.8 Å². The molecule has 5 heterocycles. The number of rotatable bonds is 27. The number of ether oxygens (including phenoxy) is 6. The number of hydrogen-bond acceptors (Lipinski definition) is 22. The van der Waals surface area contributed by atoms with Gasteiger partial charge in [-0.3, -0.25) is 24.1 Å². The number of imide groups is 1. The van der Waals surface area contributed by atoms with Crippen LogP contribution < -0.4 is 4.72 Å². The molecule has 27 heteroatoms. The van der Waals surface area contributed by atoms with E-state index in [1.54, 1.807) is 6.20 Å². The number of carboxylic acid groups (broad SMARTS) is 2. The molecule has 368 valence electrons. The average Bonchev–Trinajstić information content (AvgIpc) is 3.96. The maximum atomic E-state index is 13.2. The van der Waals surface area contributed by atoms with Crippen LogP contribution in [0, 0.1) is 11.8 Å². The van der Waals surface area contributed by atoms with Crippen LogP contribution in [0.15, 0.2) is 6.20 Å². The van der Waals surface area contributed by atoms with Crippen molar-refractivity contribution < 1.29 is 97.7 Å². The molecule has 4 aliphatic rings. The molecule has 0 aliphatic carbocycles. The van der Waals surface area contributed by atoms with E-state index in [4.69, 9.17) is 38.8 Å². The van der Waals surface area contributed by atoms with Crippen LogP contribution in [0.5, 0.6) is 0 Å². The number of hydrogen-bond donors (Lipinski definition) is 8. The van der Waals surface area contributed by atoms with Crippen molar-refractivity contribution >= 4 is 41.9 Å². The van der Waals surface area contributed by atoms with E-state index in [2.05, 4.69) is 24.4 Å². The van der Waals surface area contributed by atoms with Crippen LogP contribution in [0.1, 0.15) is 71.4 Å². The number of amides is 3. The molecule has 4 fully saturated rings. The SMILES string of the molecule is CC[C@@H]1O[C@H](CC)[C@@H]2C(=O)N(CCCCCN(Cc3cn(CCOCCO[C@@H]4OC(C(=O)O)[C@@H](O[C@H]5OC(C)[C@@H](O)[C@H](O)C5NSOOO)[C@H](O)C4O)nn3)C(=O)CCC(=O)O)C(=O)[C@@H]21. The monoisotopic (exact) mass is 952 g/mol. The Morgan fingerprint density at radius 2 is 1.57 bits per heavy atom. The van der Waals surface area contributed by atoms with E-state index in [0.29, 0.717) is 37.8 Å². The molecule has 4 aliphatic heterocycles. The van der Waals surface area contributed by atoms with E-state index in [-0.39, 0.29) is 101 Å². The van der Waals surface area contributed by atoms with Gasteiger partial charge in [-0.15, -0.1) is 9.43 Å². The van der Waals surface area contributed by atoms with Gasteiger partial charge in [0.2, 0.25) is 17.7 Å². The Morgan fingerprint density at radius 3 is 2.22 bits per heavy atom. The number of aromatic nitrogens is 3. The molecule has 0 spiro atoms. The minimum absolute atomic E-state index is 0.0542. The summed E-state index contributed by atoms with van der Waals surface area (Å²) in [5.74, 6) is -4.37. The second-order valence-electron chi connectivity index (χ2n) is 16.0. The van der Waals surface area contributed by atoms with Crippen LogP contribution in [-0.4, -0.2) is 197 Å². The third-order valence-corrected chi connectivity index (χ3v) is 12.2. The molecule has 4 unspecified atom stereocenters. The lowest BCUT2D eigenvalue weighted by Gasteiger charge is -2.46. The summed E-state index contributed by atoms with van der Waals surface area (Å²) in [6.45, 7) is 5.90. The number of nitrogens with zero attached hydrogens (tertiary/aromatic N) is 5. The molecule has 14 atom stereocenters. The van der Waals surface area contributed by atoms with E-state index in [0.717, 1.165) is 0 Å². The van der Waals surface area contributed by atoms with Gasteiger partial charge < -0.3 is 64.0 Å². The molecule has 4 saturated heterocycles. The summed E-state index contributed by atoms with van der Waals surface area (Å²) in [4.78, 5) is 65.7. The van der Waals surface area contributed by atoms with Crippen LogP contribution in [0.25, 0.3) is 0 Å². The smallest absolute Gasteiger partial charge is 0.335 e. The molecule has 8 N–H and O–H groups in total. The zero-order valence-electron chi connectivity index (χ0n) is 36.1. The Labute approximate surface area is 377 Å². The van der Waals surface area contributed by atoms with Crippen molar-refractivity contribution in [1.29, 1.82) is 0 Å². The Bertz CT molecular complexity index is 1700. The van der Waals surface area contributed by atoms with Gasteiger partial charge in [-0.05, 0) is 39.0 Å². The van der Waals surface area contributed by atoms with Gasteiger partial charge in [0, 0.05) is 19.5 Å². The number of likely N-dealkylation sites (tertiary alicyclic amines) is 1. The first-order valence-corrected chi connectivity index (χ1v) is 22.2. The lowest BCUT2D eigenvalue weighted by molar-refractivity contribution is -0.432. The van der Waals surface area contributed by atoms with Crippen molar-refractivity contribution in [2.45, 2.75) is 152 Å². The van der Waals surface area contributed by atoms with Crippen LogP contribution in [0.3, 0.4) is 0 Å². The van der Waals surface area contributed by atoms with Crippen LogP contribution in [0.4, 0.5) is 0 Å². The fourth-order valence-electron chi connectivity index (χ4n) is 8.32. The van der Waals surface area contributed by atoms with Gasteiger partial charge in [0.05, 0.1) is 81.7 Å². The largest absolute Gasteiger partial charge is 0.481 e. The third kappa shape index (κ3) is 13.3. The molecule has 65 heavy (non-hydrogen) atoms. The Hall–Kier alpha value is -3.52. The van der Waals surface area contributed by atoms with Crippen LogP contribution in [0.2, 0.25) is 0 Å². The summed E-state index contributed by atoms with van der Waals surface area (Å²) in [7, 11) is 0. The third-order valence-electron chi connectivity index (χ3n) is 11.7. The number of aliphatic hydroxyl groups is 4. The molecule has 0 aromatic carbocycles. The number of aliphatic hydroxyl groups excluding tert-OH is 4. The maximum absolute atomic E-state index is 13.2. The second-order valence-corrected chi connectivity index (χ2v) is 16.6. The normalized spacial score (nSPS) is 32.5. The van der Waals surface area contributed by atoms with Crippen LogP contribution in [-0.2, 0) is 74.9 Å². The van der Waals surface area contributed by atoms with E-state index >= 15 is 0 Å². The number of aliphatic carboxylic acids is 2. The first-order valence-electron chi connectivity index (χ1n) is 21.5. The van der Waals surface area contributed by atoms with Crippen molar-refractivity contribution in [3.05, 3.63) is 11.9 Å². The number of carboxylic acids is 2. The number of carbonyl (C=O) groups excluding carboxylic acids is 3. The Morgan fingerprint density at radius 1 is 0.862 bits per heavy atom. The fraction of sp³-hybridized carbons (Fsp3) is 0.816. The fourth-order valence-corrected chi connectivity index (χ4v) is 8.75. The standard InChI is InChI=1S/C38H60N6O20S/c1-4-21-25-26(22(5-2)60-21)35(53)44(34(25)52)12-8-6-7-11-42(23(45)9-10-24(46)47)17-20-18-43(41-39-20)13-14-57-15-16-58-38-31(51)30(50)32(33(62-38)36(54)55)61-37-27(40-65-64-63-56)29(49)28(48)19(3)59-37/h18-19,21-22,25-33,37-38,40,48-51,56H,4-17H2,1-3H3,(H,46,47)(H,54,55)/t19?,21-,22+,25+,26-,27?,28-,29-,30-,31?,32+,33?,37-,38-/m1/s1. The molecule has 1 aromatic heterocycles. The molecule has 0 radical (unpaired) electrons. The van der Waals surface area contributed by atoms with Gasteiger partial charge in [0.25, 0.3) is 0 Å². The molecule has 0 bridgehead atoms. The number of fused-ring (bicyclic) bond motifs is 1. The maximum Gasteiger partial charge on any atom is 0.335 e. The van der Waals surface area contributed by atoms with Crippen molar-refractivity contribution in [1.82, 2.24) is 29.5 Å². The number of carbonyl (C=O) groups is 5. The highest BCUT2D eigenvalue weighted by molar-refractivity contribution is 7.92. The summed E-state index contributed by atoms with van der Waals surface area (Å²) in [6, 6.07) is -1.33.